The maximum absolute atomic E-state index is 10.1. The van der Waals surface area contributed by atoms with Crippen LogP contribution in [0.2, 0.25) is 0 Å². The number of nitrogens with zero attached hydrogens (tertiary/aromatic N) is 1. The molecule has 0 radical (unpaired) electrons. The molecule has 1 unspecified atom stereocenters. The second-order valence-electron chi connectivity index (χ2n) is 2.90. The first-order chi connectivity index (χ1) is 5.70. The number of carbonyl (C=O) groups is 1. The van der Waals surface area contributed by atoms with Gasteiger partial charge in [0.15, 0.2) is 0 Å². The predicted octanol–water partition coefficient (Wildman–Crippen LogP) is -2.15. The summed E-state index contributed by atoms with van der Waals surface area (Å²) in [7, 11) is 0. The molecule has 68 valence electrons. The van der Waals surface area contributed by atoms with Crippen molar-refractivity contribution in [2.75, 3.05) is 0 Å². The summed E-state index contributed by atoms with van der Waals surface area (Å²) in [5.74, 6) is -1.49. The summed E-state index contributed by atoms with van der Waals surface area (Å²) < 4.78 is 0. The van der Waals surface area contributed by atoms with Crippen molar-refractivity contribution in [3.8, 4) is 6.07 Å². The van der Waals surface area contributed by atoms with Gasteiger partial charge in [0.05, 0.1) is 12.0 Å². The zero-order chi connectivity index (χ0) is 9.40. The van der Waals surface area contributed by atoms with Crippen LogP contribution < -0.4 is 56.5 Å². The number of aliphatic carboxylic acids is 1. The van der Waals surface area contributed by atoms with Crippen LogP contribution in [0.25, 0.3) is 0 Å². The topological polar surface area (TPSA) is 63.9 Å². The molecule has 0 aromatic rings. The monoisotopic (exact) mass is 207 g/mol. The van der Waals surface area contributed by atoms with Crippen molar-refractivity contribution in [3.05, 3.63) is 0 Å². The fourth-order valence-corrected chi connectivity index (χ4v) is 1.05. The zero-order valence-electron chi connectivity index (χ0n) is 8.38. The molecule has 0 aliphatic rings. The predicted molar refractivity (Wildman–Crippen MR) is 42.9 cm³/mol. The molecule has 0 bridgehead atoms. The number of nitriles is 1. The molecular formula is C9H14KNO2. The molecule has 0 aliphatic carbocycles. The second-order valence-corrected chi connectivity index (χ2v) is 2.90. The first-order valence-corrected chi connectivity index (χ1v) is 4.30. The van der Waals surface area contributed by atoms with E-state index in [1.807, 2.05) is 6.07 Å². The number of carboxylic acid groups (broad SMARTS) is 1. The third kappa shape index (κ3) is 10.5. The summed E-state index contributed by atoms with van der Waals surface area (Å²) in [5.41, 5.74) is 0. The number of hydrogen-bond acceptors (Lipinski definition) is 3. The van der Waals surface area contributed by atoms with Crippen LogP contribution in [0.5, 0.6) is 0 Å². The molecule has 0 aromatic carbocycles. The standard InChI is InChI=1S/C9H15NO2.K/c1-2-3-4-5-8(7-10)6-9(11)12;/h8H,2-6H2,1H3,(H,11,12);/q;+1/p-1. The van der Waals surface area contributed by atoms with E-state index in [-0.39, 0.29) is 63.7 Å². The number of carboxylic acids is 1. The van der Waals surface area contributed by atoms with Gasteiger partial charge in [0, 0.05) is 12.4 Å². The molecule has 0 saturated carbocycles. The Morgan fingerprint density at radius 3 is 2.54 bits per heavy atom. The number of carbonyl (C=O) groups excluding carboxylic acids is 1. The Labute approximate surface area is 122 Å². The average molecular weight is 207 g/mol. The van der Waals surface area contributed by atoms with Gasteiger partial charge in [0.2, 0.25) is 0 Å². The summed E-state index contributed by atoms with van der Waals surface area (Å²) >= 11 is 0. The van der Waals surface area contributed by atoms with Gasteiger partial charge in [-0.3, -0.25) is 0 Å². The smallest absolute Gasteiger partial charge is 0.550 e. The molecule has 0 aliphatic heterocycles. The Morgan fingerprint density at radius 1 is 1.54 bits per heavy atom. The van der Waals surface area contributed by atoms with Gasteiger partial charge < -0.3 is 9.90 Å². The van der Waals surface area contributed by atoms with Crippen LogP contribution in [0.1, 0.15) is 39.0 Å². The van der Waals surface area contributed by atoms with Gasteiger partial charge in [-0.25, -0.2) is 0 Å². The number of unbranched alkanes of at least 4 members (excludes halogenated alkanes) is 2. The molecule has 0 saturated heterocycles. The number of rotatable bonds is 6. The SMILES string of the molecule is CCCCCC(C#N)CC(=O)[O-].[K+]. The van der Waals surface area contributed by atoms with Crippen LogP contribution in [-0.4, -0.2) is 5.97 Å². The quantitative estimate of drug-likeness (QED) is 0.368. The maximum atomic E-state index is 10.1. The van der Waals surface area contributed by atoms with Gasteiger partial charge in [-0.1, -0.05) is 26.2 Å². The fourth-order valence-electron chi connectivity index (χ4n) is 1.05. The Morgan fingerprint density at radius 2 is 2.15 bits per heavy atom. The molecule has 13 heavy (non-hydrogen) atoms. The Bertz CT molecular complexity index is 177. The maximum Gasteiger partial charge on any atom is 1.00 e. The van der Waals surface area contributed by atoms with E-state index < -0.39 is 5.97 Å². The molecule has 0 aromatic heterocycles. The minimum absolute atomic E-state index is 0. The van der Waals surface area contributed by atoms with E-state index >= 15 is 0 Å². The molecule has 0 N–H and O–H groups in total. The molecule has 0 heterocycles. The van der Waals surface area contributed by atoms with Crippen molar-refractivity contribution in [1.82, 2.24) is 0 Å². The van der Waals surface area contributed by atoms with Crippen molar-refractivity contribution in [2.24, 2.45) is 5.92 Å². The zero-order valence-corrected chi connectivity index (χ0v) is 11.5. The van der Waals surface area contributed by atoms with Crippen LogP contribution in [-0.2, 0) is 4.79 Å². The van der Waals surface area contributed by atoms with Crippen LogP contribution >= 0.6 is 0 Å². The van der Waals surface area contributed by atoms with Crippen molar-refractivity contribution < 1.29 is 61.3 Å². The van der Waals surface area contributed by atoms with Crippen LogP contribution in [0, 0.1) is 17.2 Å². The van der Waals surface area contributed by atoms with Crippen molar-refractivity contribution in [2.45, 2.75) is 39.0 Å². The summed E-state index contributed by atoms with van der Waals surface area (Å²) in [6.07, 6.45) is 3.63. The third-order valence-corrected chi connectivity index (χ3v) is 1.75. The van der Waals surface area contributed by atoms with Gasteiger partial charge in [-0.05, 0) is 6.42 Å². The van der Waals surface area contributed by atoms with Gasteiger partial charge >= 0.3 is 51.4 Å². The van der Waals surface area contributed by atoms with E-state index in [9.17, 15) is 9.90 Å². The van der Waals surface area contributed by atoms with E-state index in [2.05, 4.69) is 6.92 Å². The molecule has 0 rings (SSSR count). The molecule has 3 nitrogen and oxygen atoms in total. The van der Waals surface area contributed by atoms with Crippen LogP contribution in [0.15, 0.2) is 0 Å². The van der Waals surface area contributed by atoms with Crippen molar-refractivity contribution >= 4 is 5.97 Å². The van der Waals surface area contributed by atoms with E-state index in [0.717, 1.165) is 19.3 Å². The molecule has 0 amide bonds. The van der Waals surface area contributed by atoms with E-state index in [1.165, 1.54) is 0 Å². The molecule has 1 atom stereocenters. The minimum Gasteiger partial charge on any atom is -0.550 e. The normalized spacial score (nSPS) is 11.1. The molecule has 0 fully saturated rings. The van der Waals surface area contributed by atoms with Crippen LogP contribution in [0.3, 0.4) is 0 Å². The van der Waals surface area contributed by atoms with Gasteiger partial charge in [-0.2, -0.15) is 5.26 Å². The Balaban J connectivity index is 0. The van der Waals surface area contributed by atoms with Crippen LogP contribution in [0.4, 0.5) is 0 Å². The summed E-state index contributed by atoms with van der Waals surface area (Å²) in [4.78, 5) is 10.1. The summed E-state index contributed by atoms with van der Waals surface area (Å²) in [6.45, 7) is 2.07. The first kappa shape index (κ1) is 16.0. The summed E-state index contributed by atoms with van der Waals surface area (Å²) in [6, 6.07) is 1.97. The third-order valence-electron chi connectivity index (χ3n) is 1.75. The first-order valence-electron chi connectivity index (χ1n) is 4.30. The number of hydrogen-bond donors (Lipinski definition) is 0. The Kier molecular flexibility index (Phi) is 13.2. The Hall–Kier alpha value is 0.596. The van der Waals surface area contributed by atoms with Gasteiger partial charge in [0.1, 0.15) is 0 Å². The van der Waals surface area contributed by atoms with E-state index in [4.69, 9.17) is 5.26 Å². The second kappa shape index (κ2) is 10.7. The molecular weight excluding hydrogens is 193 g/mol. The van der Waals surface area contributed by atoms with Crippen molar-refractivity contribution in [3.63, 3.8) is 0 Å². The molecule has 4 heteroatoms. The van der Waals surface area contributed by atoms with E-state index in [0.29, 0.717) is 6.42 Å². The minimum atomic E-state index is -1.13. The average Bonchev–Trinajstić information content (AvgIpc) is 2.02. The van der Waals surface area contributed by atoms with E-state index in [1.54, 1.807) is 0 Å². The largest absolute Gasteiger partial charge is 1.00 e. The van der Waals surface area contributed by atoms with Gasteiger partial charge in [0.25, 0.3) is 0 Å². The summed E-state index contributed by atoms with van der Waals surface area (Å²) in [5, 5.41) is 18.7. The molecule has 0 spiro atoms. The fraction of sp³-hybridized carbons (Fsp3) is 0.778. The van der Waals surface area contributed by atoms with Crippen molar-refractivity contribution in [1.29, 1.82) is 5.26 Å². The van der Waals surface area contributed by atoms with Gasteiger partial charge in [-0.15, -0.1) is 0 Å².